The molecule has 0 aromatic rings. The fraction of sp³-hybridized carbons (Fsp3) is 1.00. The first-order valence-corrected chi connectivity index (χ1v) is 6.07. The molecular weight excluding hydrogens is 172 g/mol. The van der Waals surface area contributed by atoms with Crippen LogP contribution in [-0.4, -0.2) is 13.2 Å². The normalized spacial score (nSPS) is 27.9. The van der Waals surface area contributed by atoms with E-state index in [4.69, 9.17) is 4.74 Å². The molecule has 0 N–H and O–H groups in total. The maximum absolute atomic E-state index is 5.35. The third kappa shape index (κ3) is 4.45. The molecule has 0 radical (unpaired) electrons. The Morgan fingerprint density at radius 2 is 1.36 bits per heavy atom. The highest BCUT2D eigenvalue weighted by Gasteiger charge is 2.29. The topological polar surface area (TPSA) is 9.23 Å². The third-order valence-electron chi connectivity index (χ3n) is 3.23. The van der Waals surface area contributed by atoms with Crippen LogP contribution in [0.1, 0.15) is 60.3 Å². The molecule has 1 fully saturated rings. The molecule has 0 aromatic carbocycles. The molecule has 1 aliphatic rings. The van der Waals surface area contributed by atoms with E-state index in [1.807, 2.05) is 21.0 Å². The van der Waals surface area contributed by atoms with Gasteiger partial charge in [-0.15, -0.1) is 0 Å². The molecule has 0 atom stereocenters. The zero-order chi connectivity index (χ0) is 11.2. The van der Waals surface area contributed by atoms with E-state index in [2.05, 4.69) is 20.8 Å². The Bertz CT molecular complexity index is 127. The molecule has 14 heavy (non-hydrogen) atoms. The van der Waals surface area contributed by atoms with E-state index in [1.54, 1.807) is 0 Å². The Kier molecular flexibility index (Phi) is 6.43. The number of rotatable bonds is 1. The number of hydrogen-bond donors (Lipinski definition) is 0. The molecule has 0 heterocycles. The molecule has 86 valence electrons. The van der Waals surface area contributed by atoms with Crippen LogP contribution in [-0.2, 0) is 4.74 Å². The van der Waals surface area contributed by atoms with Gasteiger partial charge in [0.05, 0.1) is 6.10 Å². The summed E-state index contributed by atoms with van der Waals surface area (Å²) in [5, 5.41) is 0. The van der Waals surface area contributed by atoms with E-state index >= 15 is 0 Å². The van der Waals surface area contributed by atoms with Gasteiger partial charge in [-0.2, -0.15) is 0 Å². The van der Waals surface area contributed by atoms with E-state index in [-0.39, 0.29) is 0 Å². The minimum absolute atomic E-state index is 0.499. The Morgan fingerprint density at radius 3 is 1.64 bits per heavy atom. The van der Waals surface area contributed by atoms with Crippen LogP contribution in [0.3, 0.4) is 0 Å². The predicted octanol–water partition coefficient (Wildman–Crippen LogP) is 4.26. The van der Waals surface area contributed by atoms with Crippen molar-refractivity contribution in [2.45, 2.75) is 66.4 Å². The predicted molar refractivity (Wildman–Crippen MR) is 63.6 cm³/mol. The monoisotopic (exact) mass is 200 g/mol. The van der Waals surface area contributed by atoms with Gasteiger partial charge >= 0.3 is 0 Å². The molecular formula is C13H28O. The van der Waals surface area contributed by atoms with Gasteiger partial charge in [0.15, 0.2) is 0 Å². The largest absolute Gasteiger partial charge is 0.381 e. The van der Waals surface area contributed by atoms with Crippen LogP contribution in [0.5, 0.6) is 0 Å². The van der Waals surface area contributed by atoms with Gasteiger partial charge < -0.3 is 4.74 Å². The van der Waals surface area contributed by atoms with Gasteiger partial charge in [-0.3, -0.25) is 0 Å². The fourth-order valence-electron chi connectivity index (χ4n) is 2.16. The fourth-order valence-corrected chi connectivity index (χ4v) is 2.16. The summed E-state index contributed by atoms with van der Waals surface area (Å²) in [5.41, 5.74) is 0.499. The average Bonchev–Trinajstić information content (AvgIpc) is 2.20. The summed E-state index contributed by atoms with van der Waals surface area (Å²) in [6.07, 6.45) is 5.77. The molecule has 1 rings (SSSR count). The molecule has 0 aromatic heterocycles. The van der Waals surface area contributed by atoms with Gasteiger partial charge in [-0.05, 0) is 37.0 Å². The van der Waals surface area contributed by atoms with Crippen molar-refractivity contribution >= 4 is 0 Å². The molecule has 1 heteroatoms. The number of ether oxygens (including phenoxy) is 1. The minimum Gasteiger partial charge on any atom is -0.381 e. The molecule has 0 amide bonds. The molecule has 0 aliphatic heterocycles. The molecule has 0 spiro atoms. The Morgan fingerprint density at radius 1 is 0.929 bits per heavy atom. The van der Waals surface area contributed by atoms with E-state index in [1.165, 1.54) is 25.7 Å². The lowest BCUT2D eigenvalue weighted by atomic mass is 9.72. The van der Waals surface area contributed by atoms with Crippen LogP contribution in [0.2, 0.25) is 0 Å². The summed E-state index contributed by atoms with van der Waals surface area (Å²) in [6, 6.07) is 0. The van der Waals surface area contributed by atoms with Gasteiger partial charge in [-0.25, -0.2) is 0 Å². The van der Waals surface area contributed by atoms with Crippen LogP contribution in [0.4, 0.5) is 0 Å². The highest BCUT2D eigenvalue weighted by molar-refractivity contribution is 4.80. The summed E-state index contributed by atoms with van der Waals surface area (Å²) in [7, 11) is 1.84. The lowest BCUT2D eigenvalue weighted by Gasteiger charge is -2.36. The van der Waals surface area contributed by atoms with Gasteiger partial charge in [0.1, 0.15) is 0 Å². The quantitative estimate of drug-likeness (QED) is 0.614. The molecule has 1 nitrogen and oxygen atoms in total. The van der Waals surface area contributed by atoms with E-state index in [9.17, 15) is 0 Å². The summed E-state index contributed by atoms with van der Waals surface area (Å²) >= 11 is 0. The summed E-state index contributed by atoms with van der Waals surface area (Å²) in [6.45, 7) is 11.1. The van der Waals surface area contributed by atoms with Gasteiger partial charge in [0.25, 0.3) is 0 Å². The lowest BCUT2D eigenvalue weighted by Crippen LogP contribution is -2.28. The summed E-state index contributed by atoms with van der Waals surface area (Å²) in [4.78, 5) is 0. The number of hydrogen-bond acceptors (Lipinski definition) is 1. The first-order chi connectivity index (χ1) is 6.54. The highest BCUT2D eigenvalue weighted by Crippen LogP contribution is 2.38. The van der Waals surface area contributed by atoms with Gasteiger partial charge in [0.2, 0.25) is 0 Å². The minimum atomic E-state index is 0.499. The first-order valence-electron chi connectivity index (χ1n) is 6.07. The first kappa shape index (κ1) is 14.0. The van der Waals surface area contributed by atoms with Crippen molar-refractivity contribution < 1.29 is 4.74 Å². The third-order valence-corrected chi connectivity index (χ3v) is 3.23. The van der Waals surface area contributed by atoms with Crippen LogP contribution < -0.4 is 0 Å². The Hall–Kier alpha value is -0.0400. The molecule has 1 aliphatic carbocycles. The van der Waals surface area contributed by atoms with Crippen molar-refractivity contribution in [3.8, 4) is 0 Å². The van der Waals surface area contributed by atoms with Crippen molar-refractivity contribution in [2.24, 2.45) is 11.3 Å². The SMILES string of the molecule is CC.COC1CCC(C(C)(C)C)CC1. The van der Waals surface area contributed by atoms with E-state index < -0.39 is 0 Å². The molecule has 0 saturated heterocycles. The standard InChI is InChI=1S/C11H22O.C2H6/c1-11(2,3)9-5-7-10(12-4)8-6-9;1-2/h9-10H,5-8H2,1-4H3;1-2H3. The smallest absolute Gasteiger partial charge is 0.0571 e. The highest BCUT2D eigenvalue weighted by atomic mass is 16.5. The molecule has 0 unspecified atom stereocenters. The zero-order valence-corrected chi connectivity index (χ0v) is 10.9. The number of methoxy groups -OCH3 is 1. The average molecular weight is 200 g/mol. The second-order valence-corrected chi connectivity index (χ2v) is 5.08. The van der Waals surface area contributed by atoms with Gasteiger partial charge in [0, 0.05) is 7.11 Å². The van der Waals surface area contributed by atoms with E-state index in [0.717, 1.165) is 5.92 Å². The van der Waals surface area contributed by atoms with Gasteiger partial charge in [-0.1, -0.05) is 34.6 Å². The summed E-state index contributed by atoms with van der Waals surface area (Å²) < 4.78 is 5.35. The van der Waals surface area contributed by atoms with Crippen LogP contribution in [0.15, 0.2) is 0 Å². The maximum atomic E-state index is 5.35. The molecule has 1 saturated carbocycles. The maximum Gasteiger partial charge on any atom is 0.0571 e. The van der Waals surface area contributed by atoms with Crippen LogP contribution >= 0.6 is 0 Å². The van der Waals surface area contributed by atoms with E-state index in [0.29, 0.717) is 11.5 Å². The van der Waals surface area contributed by atoms with Crippen molar-refractivity contribution in [3.05, 3.63) is 0 Å². The molecule has 0 bridgehead atoms. The van der Waals surface area contributed by atoms with Crippen molar-refractivity contribution in [1.82, 2.24) is 0 Å². The Labute approximate surface area is 90.2 Å². The second-order valence-electron chi connectivity index (χ2n) is 5.08. The summed E-state index contributed by atoms with van der Waals surface area (Å²) in [5.74, 6) is 0.906. The second kappa shape index (κ2) is 6.44. The van der Waals surface area contributed by atoms with Crippen LogP contribution in [0.25, 0.3) is 0 Å². The Balaban J connectivity index is 0.000000791. The van der Waals surface area contributed by atoms with Crippen LogP contribution in [0, 0.1) is 11.3 Å². The van der Waals surface area contributed by atoms with Crippen molar-refractivity contribution in [2.75, 3.05) is 7.11 Å². The lowest BCUT2D eigenvalue weighted by molar-refractivity contribution is 0.0353. The van der Waals surface area contributed by atoms with Crippen molar-refractivity contribution in [1.29, 1.82) is 0 Å². The van der Waals surface area contributed by atoms with Crippen molar-refractivity contribution in [3.63, 3.8) is 0 Å². The zero-order valence-electron chi connectivity index (χ0n) is 10.9.